The van der Waals surface area contributed by atoms with Gasteiger partial charge in [-0.25, -0.2) is 9.69 Å². The molecule has 0 bridgehead atoms. The fourth-order valence-electron chi connectivity index (χ4n) is 3.19. The van der Waals surface area contributed by atoms with Crippen LogP contribution in [0.5, 0.6) is 17.2 Å². The number of barbiturate groups is 1. The summed E-state index contributed by atoms with van der Waals surface area (Å²) in [7, 11) is 1.48. The van der Waals surface area contributed by atoms with Crippen molar-refractivity contribution < 1.29 is 29.0 Å². The highest BCUT2D eigenvalue weighted by Crippen LogP contribution is 2.35. The lowest BCUT2D eigenvalue weighted by Gasteiger charge is -2.26. The minimum Gasteiger partial charge on any atom is -0.508 e. The van der Waals surface area contributed by atoms with E-state index in [9.17, 15) is 19.5 Å². The smallest absolute Gasteiger partial charge is 0.335 e. The lowest BCUT2D eigenvalue weighted by atomic mass is 10.0. The molecule has 3 rings (SSSR count). The summed E-state index contributed by atoms with van der Waals surface area (Å²) in [6, 6.07) is 7.97. The molecule has 1 aliphatic heterocycles. The van der Waals surface area contributed by atoms with Crippen LogP contribution in [0.15, 0.2) is 67.3 Å². The van der Waals surface area contributed by atoms with Crippen molar-refractivity contribution in [3.05, 3.63) is 78.4 Å². The van der Waals surface area contributed by atoms with Crippen molar-refractivity contribution in [2.75, 3.05) is 18.6 Å². The Morgan fingerprint density at radius 3 is 2.44 bits per heavy atom. The van der Waals surface area contributed by atoms with Crippen LogP contribution in [-0.2, 0) is 16.0 Å². The Balaban J connectivity index is 2.05. The number of nitrogens with one attached hydrogen (secondary N) is 1. The maximum absolute atomic E-state index is 13.0. The van der Waals surface area contributed by atoms with Gasteiger partial charge in [0.2, 0.25) is 0 Å². The highest BCUT2D eigenvalue weighted by Gasteiger charge is 2.36. The summed E-state index contributed by atoms with van der Waals surface area (Å²) >= 11 is 0. The number of urea groups is 1. The number of rotatable bonds is 8. The summed E-state index contributed by atoms with van der Waals surface area (Å²) in [6.07, 6.45) is 5.13. The van der Waals surface area contributed by atoms with Gasteiger partial charge in [-0.05, 0) is 54.5 Å². The molecular formula is C24H22N2O6. The summed E-state index contributed by atoms with van der Waals surface area (Å²) < 4.78 is 11.2. The molecule has 2 aromatic carbocycles. The van der Waals surface area contributed by atoms with Gasteiger partial charge in [0, 0.05) is 5.56 Å². The third-order valence-corrected chi connectivity index (χ3v) is 4.60. The molecule has 8 nitrogen and oxygen atoms in total. The van der Waals surface area contributed by atoms with Gasteiger partial charge in [0.15, 0.2) is 11.5 Å². The van der Waals surface area contributed by atoms with Crippen molar-refractivity contribution in [1.29, 1.82) is 0 Å². The second-order valence-corrected chi connectivity index (χ2v) is 6.78. The fraction of sp³-hybridized carbons (Fsp3) is 0.125. The Hall–Kier alpha value is -4.33. The van der Waals surface area contributed by atoms with E-state index in [0.717, 1.165) is 10.5 Å². The largest absolute Gasteiger partial charge is 0.508 e. The van der Waals surface area contributed by atoms with Gasteiger partial charge in [0.1, 0.15) is 17.9 Å². The first-order chi connectivity index (χ1) is 15.4. The fourth-order valence-corrected chi connectivity index (χ4v) is 3.19. The number of phenolic OH excluding ortho intramolecular Hbond substituents is 1. The Morgan fingerprint density at radius 1 is 1.09 bits per heavy atom. The summed E-state index contributed by atoms with van der Waals surface area (Å²) in [5, 5.41) is 11.6. The number of anilines is 1. The van der Waals surface area contributed by atoms with Gasteiger partial charge in [-0.3, -0.25) is 14.9 Å². The molecule has 1 aliphatic rings. The Kier molecular flexibility index (Phi) is 6.74. The van der Waals surface area contributed by atoms with Crippen LogP contribution in [0, 0.1) is 0 Å². The Bertz CT molecular complexity index is 1120. The number of nitrogens with zero attached hydrogens (tertiary/aromatic N) is 1. The van der Waals surface area contributed by atoms with Gasteiger partial charge >= 0.3 is 6.03 Å². The van der Waals surface area contributed by atoms with Gasteiger partial charge in [-0.2, -0.15) is 0 Å². The maximum Gasteiger partial charge on any atom is 0.335 e. The van der Waals surface area contributed by atoms with Crippen molar-refractivity contribution in [2.45, 2.75) is 6.42 Å². The lowest BCUT2D eigenvalue weighted by Crippen LogP contribution is -2.54. The van der Waals surface area contributed by atoms with E-state index in [0.29, 0.717) is 23.5 Å². The minimum atomic E-state index is -0.874. The van der Waals surface area contributed by atoms with Crippen LogP contribution in [0.3, 0.4) is 0 Å². The minimum absolute atomic E-state index is 0.0222. The van der Waals surface area contributed by atoms with Crippen LogP contribution in [0.4, 0.5) is 10.5 Å². The van der Waals surface area contributed by atoms with Crippen molar-refractivity contribution >= 4 is 29.6 Å². The normalized spacial score (nSPS) is 14.8. The first kappa shape index (κ1) is 22.4. The molecule has 0 aromatic heterocycles. The van der Waals surface area contributed by atoms with E-state index in [1.54, 1.807) is 24.3 Å². The number of aromatic hydroxyl groups is 1. The molecule has 32 heavy (non-hydrogen) atoms. The Morgan fingerprint density at radius 2 is 1.81 bits per heavy atom. The number of ether oxygens (including phenoxy) is 2. The molecule has 0 saturated carbocycles. The average molecular weight is 434 g/mol. The van der Waals surface area contributed by atoms with Crippen LogP contribution in [0.25, 0.3) is 6.08 Å². The van der Waals surface area contributed by atoms with Gasteiger partial charge < -0.3 is 14.6 Å². The van der Waals surface area contributed by atoms with E-state index in [1.807, 2.05) is 0 Å². The highest BCUT2D eigenvalue weighted by molar-refractivity contribution is 6.39. The first-order valence-electron chi connectivity index (χ1n) is 9.65. The number of hydrogen-bond donors (Lipinski definition) is 2. The topological polar surface area (TPSA) is 105 Å². The number of methoxy groups -OCH3 is 1. The third kappa shape index (κ3) is 4.54. The van der Waals surface area contributed by atoms with Gasteiger partial charge in [0.05, 0.1) is 12.8 Å². The Labute approximate surface area is 185 Å². The number of amides is 4. The summed E-state index contributed by atoms with van der Waals surface area (Å²) in [5.41, 5.74) is 1.22. The van der Waals surface area contributed by atoms with Gasteiger partial charge in [0.25, 0.3) is 11.8 Å². The van der Waals surface area contributed by atoms with Crippen LogP contribution >= 0.6 is 0 Å². The molecule has 1 fully saturated rings. The molecule has 164 valence electrons. The van der Waals surface area contributed by atoms with E-state index < -0.39 is 17.8 Å². The summed E-state index contributed by atoms with van der Waals surface area (Å²) in [4.78, 5) is 38.6. The van der Waals surface area contributed by atoms with Crippen LogP contribution in [0.2, 0.25) is 0 Å². The molecule has 8 heteroatoms. The molecule has 1 saturated heterocycles. The van der Waals surface area contributed by atoms with E-state index in [2.05, 4.69) is 18.5 Å². The lowest BCUT2D eigenvalue weighted by molar-refractivity contribution is -0.122. The standard InChI is InChI=1S/C24H22N2O6/c1-4-6-16-12-15(14-20(31-3)21(16)32-11-5-2)13-19-22(28)25-24(30)26(23(19)29)17-7-9-18(27)10-8-17/h4-5,7-10,12-14,27H,1-2,6,11H2,3H3,(H,25,28,30)/b19-13+. The maximum atomic E-state index is 13.0. The first-order valence-corrected chi connectivity index (χ1v) is 9.65. The summed E-state index contributed by atoms with van der Waals surface area (Å²) in [6.45, 7) is 7.66. The van der Waals surface area contributed by atoms with E-state index >= 15 is 0 Å². The van der Waals surface area contributed by atoms with E-state index in [1.165, 1.54) is 37.5 Å². The van der Waals surface area contributed by atoms with Crippen LogP contribution in [0.1, 0.15) is 11.1 Å². The number of imide groups is 2. The predicted octanol–water partition coefficient (Wildman–Crippen LogP) is 3.36. The van der Waals surface area contributed by atoms with E-state index in [-0.39, 0.29) is 23.6 Å². The molecule has 0 spiro atoms. The zero-order chi connectivity index (χ0) is 23.3. The number of carbonyl (C=O) groups excluding carboxylic acids is 3. The van der Waals surface area contributed by atoms with Crippen molar-refractivity contribution in [3.63, 3.8) is 0 Å². The van der Waals surface area contributed by atoms with Crippen molar-refractivity contribution in [2.24, 2.45) is 0 Å². The number of hydrogen-bond acceptors (Lipinski definition) is 6. The number of allylic oxidation sites excluding steroid dienone is 1. The quantitative estimate of drug-likeness (QED) is 0.375. The molecule has 0 atom stereocenters. The molecule has 0 unspecified atom stereocenters. The second-order valence-electron chi connectivity index (χ2n) is 6.78. The van der Waals surface area contributed by atoms with Crippen LogP contribution < -0.4 is 19.7 Å². The second kappa shape index (κ2) is 9.65. The van der Waals surface area contributed by atoms with Crippen molar-refractivity contribution in [1.82, 2.24) is 5.32 Å². The molecule has 4 amide bonds. The highest BCUT2D eigenvalue weighted by atomic mass is 16.5. The van der Waals surface area contributed by atoms with Crippen molar-refractivity contribution in [3.8, 4) is 17.2 Å². The van der Waals surface area contributed by atoms with Crippen LogP contribution in [-0.4, -0.2) is 36.7 Å². The molecule has 2 N–H and O–H groups in total. The molecule has 2 aromatic rings. The molecule has 1 heterocycles. The predicted molar refractivity (Wildman–Crippen MR) is 120 cm³/mol. The monoisotopic (exact) mass is 434 g/mol. The van der Waals surface area contributed by atoms with E-state index in [4.69, 9.17) is 9.47 Å². The zero-order valence-corrected chi connectivity index (χ0v) is 17.5. The third-order valence-electron chi connectivity index (χ3n) is 4.60. The molecule has 0 radical (unpaired) electrons. The number of benzene rings is 2. The average Bonchev–Trinajstić information content (AvgIpc) is 2.77. The van der Waals surface area contributed by atoms with Gasteiger partial charge in [-0.15, -0.1) is 6.58 Å². The van der Waals surface area contributed by atoms with Gasteiger partial charge in [-0.1, -0.05) is 18.7 Å². The molecular weight excluding hydrogens is 412 g/mol. The zero-order valence-electron chi connectivity index (χ0n) is 17.5. The number of phenols is 1. The number of carbonyl (C=O) groups is 3. The summed E-state index contributed by atoms with van der Waals surface area (Å²) in [5.74, 6) is -0.707. The molecule has 0 aliphatic carbocycles. The SMILES string of the molecule is C=CCOc1c(CC=C)cc(/C=C2\C(=O)NC(=O)N(c3ccc(O)cc3)C2=O)cc1OC.